The summed E-state index contributed by atoms with van der Waals surface area (Å²) in [6, 6.07) is 4.17. The summed E-state index contributed by atoms with van der Waals surface area (Å²) in [6.45, 7) is 8.32. The average Bonchev–Trinajstić information content (AvgIpc) is 3.71. The van der Waals surface area contributed by atoms with Gasteiger partial charge in [-0.3, -0.25) is 0 Å². The van der Waals surface area contributed by atoms with Crippen LogP contribution in [0.1, 0.15) is 49.5 Å². The molecule has 0 aromatic carbocycles. The fraction of sp³-hybridized carbons (Fsp3) is 0.600. The molecule has 3 atom stereocenters. The van der Waals surface area contributed by atoms with Gasteiger partial charge in [0.2, 0.25) is 6.43 Å². The Labute approximate surface area is 188 Å². The van der Waals surface area contributed by atoms with E-state index < -0.39 is 17.8 Å². The van der Waals surface area contributed by atoms with Gasteiger partial charge in [-0.15, -0.1) is 6.58 Å². The van der Waals surface area contributed by atoms with E-state index in [0.717, 1.165) is 34.6 Å². The maximum absolute atomic E-state index is 13.4. The number of hydrogen-bond donors (Lipinski definition) is 2. The van der Waals surface area contributed by atoms with Crippen LogP contribution in [0.15, 0.2) is 43.3 Å². The summed E-state index contributed by atoms with van der Waals surface area (Å²) in [6.07, 6.45) is 7.55. The molecule has 3 unspecified atom stereocenters. The monoisotopic (exact) mass is 441 g/mol. The maximum Gasteiger partial charge on any atom is 0.243 e. The quantitative estimate of drug-likeness (QED) is 0.562. The normalized spacial score (nSPS) is 27.2. The molecule has 3 fully saturated rings. The number of nitrogens with zero attached hydrogens (tertiary/aromatic N) is 3. The summed E-state index contributed by atoms with van der Waals surface area (Å²) in [5.41, 5.74) is 2.78. The lowest BCUT2D eigenvalue weighted by atomic mass is 9.71. The topological polar surface area (TPSA) is 54.2 Å². The van der Waals surface area contributed by atoms with E-state index in [1.54, 1.807) is 6.08 Å². The number of imidazole rings is 1. The van der Waals surface area contributed by atoms with Gasteiger partial charge in [0.05, 0.1) is 23.6 Å². The van der Waals surface area contributed by atoms with E-state index in [1.165, 1.54) is 25.7 Å². The van der Waals surface area contributed by atoms with E-state index in [1.807, 2.05) is 29.9 Å². The molecule has 0 radical (unpaired) electrons. The largest absolute Gasteiger partial charge is 0.388 e. The highest BCUT2D eigenvalue weighted by Crippen LogP contribution is 2.53. The molecule has 5 rings (SSSR count). The number of piperidine rings is 1. The minimum absolute atomic E-state index is 0.244. The maximum atomic E-state index is 13.4. The number of rotatable bonds is 9. The molecule has 5 nitrogen and oxygen atoms in total. The Hall–Kier alpha value is -2.28. The summed E-state index contributed by atoms with van der Waals surface area (Å²) < 4.78 is 28.7. The molecule has 2 aromatic rings. The number of halogens is 2. The number of aromatic nitrogens is 3. The fourth-order valence-electron chi connectivity index (χ4n) is 5.67. The highest BCUT2D eigenvalue weighted by molar-refractivity contribution is 5.40. The Balaban J connectivity index is 1.41. The molecule has 0 spiro atoms. The molecule has 2 aromatic heterocycles. The van der Waals surface area contributed by atoms with Crippen LogP contribution in [-0.2, 0) is 6.42 Å². The van der Waals surface area contributed by atoms with Crippen molar-refractivity contribution in [2.45, 2.75) is 51.0 Å². The van der Waals surface area contributed by atoms with Crippen LogP contribution in [0.3, 0.4) is 0 Å². The third kappa shape index (κ3) is 3.96. The summed E-state index contributed by atoms with van der Waals surface area (Å²) in [7, 11) is 2.03. The summed E-state index contributed by atoms with van der Waals surface area (Å²) in [4.78, 5) is 4.89. The molecular formula is C25H33F2N5. The molecule has 32 heavy (non-hydrogen) atoms. The molecule has 172 valence electrons. The first kappa shape index (κ1) is 21.6. The van der Waals surface area contributed by atoms with Crippen LogP contribution in [0.5, 0.6) is 0 Å². The van der Waals surface area contributed by atoms with Gasteiger partial charge >= 0.3 is 0 Å². The SMILES string of the molecule is C=CC1(Cc2ccc3nc(C(NC)C(C4CC4)C4CC4)cn3n2)CC(C(F)F)CNC1=C. The minimum Gasteiger partial charge on any atom is -0.388 e. The number of hydrogen-bond acceptors (Lipinski definition) is 4. The van der Waals surface area contributed by atoms with Gasteiger partial charge in [0.15, 0.2) is 5.65 Å². The van der Waals surface area contributed by atoms with Crippen molar-refractivity contribution in [2.24, 2.45) is 29.1 Å². The van der Waals surface area contributed by atoms with Crippen LogP contribution in [0.2, 0.25) is 0 Å². The van der Waals surface area contributed by atoms with Crippen molar-refractivity contribution < 1.29 is 8.78 Å². The molecule has 2 saturated carbocycles. The van der Waals surface area contributed by atoms with Gasteiger partial charge in [-0.2, -0.15) is 5.10 Å². The second-order valence-electron chi connectivity index (χ2n) is 10.0. The Morgan fingerprint density at radius 1 is 1.25 bits per heavy atom. The van der Waals surface area contributed by atoms with Gasteiger partial charge < -0.3 is 10.6 Å². The number of fused-ring (bicyclic) bond motifs is 1. The lowest BCUT2D eigenvalue weighted by Gasteiger charge is -2.41. The van der Waals surface area contributed by atoms with Crippen LogP contribution in [-0.4, -0.2) is 34.6 Å². The van der Waals surface area contributed by atoms with Crippen molar-refractivity contribution in [1.29, 1.82) is 0 Å². The predicted molar refractivity (Wildman–Crippen MR) is 121 cm³/mol. The Kier molecular flexibility index (Phi) is 5.56. The molecule has 0 amide bonds. The number of alkyl halides is 2. The zero-order valence-electron chi connectivity index (χ0n) is 18.7. The van der Waals surface area contributed by atoms with Gasteiger partial charge in [-0.25, -0.2) is 18.3 Å². The fourth-order valence-corrected chi connectivity index (χ4v) is 5.67. The Bertz CT molecular complexity index is 997. The van der Waals surface area contributed by atoms with Crippen molar-refractivity contribution in [3.63, 3.8) is 0 Å². The Morgan fingerprint density at radius 3 is 2.56 bits per heavy atom. The van der Waals surface area contributed by atoms with Crippen LogP contribution in [0.25, 0.3) is 5.65 Å². The van der Waals surface area contributed by atoms with Gasteiger partial charge in [-0.05, 0) is 69.0 Å². The molecule has 7 heteroatoms. The highest BCUT2D eigenvalue weighted by Gasteiger charge is 2.46. The van der Waals surface area contributed by atoms with Crippen molar-refractivity contribution >= 4 is 5.65 Å². The standard InChI is InChI=1S/C25H33F2N5/c1-4-25(11-18(24(26)27)13-29-15(25)2)12-19-9-10-21-30-20(14-32(21)31-19)23(28-3)22(16-5-6-16)17-7-8-17/h4,9-10,14,16-18,22-24,28-29H,1-2,5-8,11-13H2,3H3. The smallest absolute Gasteiger partial charge is 0.243 e. The van der Waals surface area contributed by atoms with E-state index in [0.29, 0.717) is 18.8 Å². The van der Waals surface area contributed by atoms with Crippen LogP contribution < -0.4 is 10.6 Å². The third-order valence-corrected chi connectivity index (χ3v) is 7.79. The lowest BCUT2D eigenvalue weighted by molar-refractivity contribution is 0.0458. The molecule has 2 N–H and O–H groups in total. The average molecular weight is 442 g/mol. The number of allylic oxidation sites excluding steroid dienone is 1. The van der Waals surface area contributed by atoms with E-state index >= 15 is 0 Å². The molecule has 3 aliphatic rings. The molecule has 3 heterocycles. The van der Waals surface area contributed by atoms with E-state index in [4.69, 9.17) is 10.1 Å². The second kappa shape index (κ2) is 8.25. The van der Waals surface area contributed by atoms with Crippen LogP contribution in [0, 0.1) is 29.1 Å². The van der Waals surface area contributed by atoms with Crippen molar-refractivity contribution in [1.82, 2.24) is 25.2 Å². The molecule has 1 aliphatic heterocycles. The third-order valence-electron chi connectivity index (χ3n) is 7.79. The van der Waals surface area contributed by atoms with E-state index in [9.17, 15) is 8.78 Å². The van der Waals surface area contributed by atoms with Gasteiger partial charge in [0.25, 0.3) is 0 Å². The highest BCUT2D eigenvalue weighted by atomic mass is 19.3. The summed E-state index contributed by atoms with van der Waals surface area (Å²) >= 11 is 0. The first-order valence-corrected chi connectivity index (χ1v) is 11.8. The van der Waals surface area contributed by atoms with Crippen LogP contribution in [0.4, 0.5) is 8.78 Å². The Morgan fingerprint density at radius 2 is 1.97 bits per heavy atom. The van der Waals surface area contributed by atoms with E-state index in [2.05, 4.69) is 23.8 Å². The zero-order chi connectivity index (χ0) is 22.5. The zero-order valence-corrected chi connectivity index (χ0v) is 18.7. The molecule has 1 saturated heterocycles. The van der Waals surface area contributed by atoms with Gasteiger partial charge in [0, 0.05) is 30.0 Å². The van der Waals surface area contributed by atoms with Gasteiger partial charge in [0.1, 0.15) is 0 Å². The molecule has 0 bridgehead atoms. The van der Waals surface area contributed by atoms with Crippen molar-refractivity contribution in [2.75, 3.05) is 13.6 Å². The first-order valence-electron chi connectivity index (χ1n) is 11.8. The van der Waals surface area contributed by atoms with Crippen molar-refractivity contribution in [3.8, 4) is 0 Å². The minimum atomic E-state index is -2.37. The molecule has 2 aliphatic carbocycles. The van der Waals surface area contributed by atoms with E-state index in [-0.39, 0.29) is 12.6 Å². The van der Waals surface area contributed by atoms with Gasteiger partial charge in [-0.1, -0.05) is 12.7 Å². The second-order valence-corrected chi connectivity index (χ2v) is 10.0. The summed E-state index contributed by atoms with van der Waals surface area (Å²) in [5.74, 6) is 1.55. The predicted octanol–water partition coefficient (Wildman–Crippen LogP) is 4.53. The lowest BCUT2D eigenvalue weighted by Crippen LogP contribution is -2.44. The first-order chi connectivity index (χ1) is 15.4. The number of nitrogens with one attached hydrogen (secondary N) is 2. The van der Waals surface area contributed by atoms with Crippen molar-refractivity contribution in [3.05, 3.63) is 54.6 Å². The molecular weight excluding hydrogens is 408 g/mol. The summed E-state index contributed by atoms with van der Waals surface area (Å²) in [5, 5.41) is 11.4. The van der Waals surface area contributed by atoms with Crippen LogP contribution >= 0.6 is 0 Å².